The summed E-state index contributed by atoms with van der Waals surface area (Å²) in [5.41, 5.74) is 4.33. The van der Waals surface area contributed by atoms with Crippen molar-refractivity contribution in [3.8, 4) is 11.1 Å². The van der Waals surface area contributed by atoms with Gasteiger partial charge in [0.25, 0.3) is 0 Å². The molecule has 3 rings (SSSR count). The van der Waals surface area contributed by atoms with Crippen molar-refractivity contribution in [3.05, 3.63) is 51.8 Å². The standard InChI is InChI=1S/C26H32ClN3O4/c1-14-16(3)30(13-19(31)29(7)8)24-20(14)22(17-9-11-18(27)12-10-17)21(15(2)28-24)23(25(32)33)34-26(4,5)6/h9-12,23H,13H2,1-8H3,(H,32,33)/t23-/m0/s1. The third-order valence-corrected chi connectivity index (χ3v) is 6.12. The molecule has 0 radical (unpaired) electrons. The van der Waals surface area contributed by atoms with Gasteiger partial charge in [0.1, 0.15) is 12.2 Å². The predicted molar refractivity (Wildman–Crippen MR) is 134 cm³/mol. The molecule has 8 heteroatoms. The Morgan fingerprint density at radius 3 is 2.24 bits per heavy atom. The number of carboxylic acids is 1. The number of aryl methyl sites for hydroxylation is 2. The third kappa shape index (κ3) is 4.95. The Bertz CT molecular complexity index is 1250. The summed E-state index contributed by atoms with van der Waals surface area (Å²) in [6.07, 6.45) is -1.23. The molecule has 34 heavy (non-hydrogen) atoms. The second-order valence-electron chi connectivity index (χ2n) is 9.72. The molecular formula is C26H32ClN3O4. The number of carbonyl (C=O) groups is 2. The predicted octanol–water partition coefficient (Wildman–Crippen LogP) is 5.31. The number of carbonyl (C=O) groups excluding carboxylic acids is 1. The Morgan fingerprint density at radius 2 is 1.74 bits per heavy atom. The maximum Gasteiger partial charge on any atom is 0.337 e. The van der Waals surface area contributed by atoms with Crippen LogP contribution in [0, 0.1) is 20.8 Å². The van der Waals surface area contributed by atoms with Crippen LogP contribution in [0.1, 0.15) is 49.4 Å². The number of rotatable bonds is 6. The quantitative estimate of drug-likeness (QED) is 0.511. The summed E-state index contributed by atoms with van der Waals surface area (Å²) in [4.78, 5) is 31.4. The van der Waals surface area contributed by atoms with Gasteiger partial charge in [0.15, 0.2) is 6.10 Å². The fraction of sp³-hybridized carbons (Fsp3) is 0.423. The molecule has 1 N–H and O–H groups in total. The molecule has 3 aromatic rings. The molecule has 2 aromatic heterocycles. The fourth-order valence-corrected chi connectivity index (χ4v) is 4.21. The number of hydrogen-bond donors (Lipinski definition) is 1. The smallest absolute Gasteiger partial charge is 0.337 e. The van der Waals surface area contributed by atoms with Crippen LogP contribution in [0.4, 0.5) is 0 Å². The van der Waals surface area contributed by atoms with Crippen molar-refractivity contribution in [1.29, 1.82) is 0 Å². The van der Waals surface area contributed by atoms with Crippen molar-refractivity contribution in [1.82, 2.24) is 14.5 Å². The molecule has 0 spiro atoms. The van der Waals surface area contributed by atoms with Crippen LogP contribution in [-0.2, 0) is 20.9 Å². The van der Waals surface area contributed by atoms with Gasteiger partial charge in [-0.3, -0.25) is 4.79 Å². The van der Waals surface area contributed by atoms with E-state index >= 15 is 0 Å². The number of ether oxygens (including phenoxy) is 1. The van der Waals surface area contributed by atoms with Crippen LogP contribution in [0.5, 0.6) is 0 Å². The second kappa shape index (κ2) is 9.39. The summed E-state index contributed by atoms with van der Waals surface area (Å²) in [5, 5.41) is 11.6. The Hall–Kier alpha value is -2.90. The van der Waals surface area contributed by atoms with Crippen LogP contribution < -0.4 is 0 Å². The molecule has 0 saturated carbocycles. The van der Waals surface area contributed by atoms with Gasteiger partial charge < -0.3 is 19.3 Å². The largest absolute Gasteiger partial charge is 0.479 e. The first kappa shape index (κ1) is 25.7. The molecule has 0 unspecified atom stereocenters. The number of aromatic nitrogens is 2. The molecular weight excluding hydrogens is 454 g/mol. The van der Waals surface area contributed by atoms with E-state index in [1.807, 2.05) is 51.3 Å². The number of pyridine rings is 1. The fourth-order valence-electron chi connectivity index (χ4n) is 4.09. The van der Waals surface area contributed by atoms with E-state index in [0.717, 1.165) is 27.8 Å². The van der Waals surface area contributed by atoms with Gasteiger partial charge >= 0.3 is 5.97 Å². The van der Waals surface area contributed by atoms with Gasteiger partial charge in [-0.25, -0.2) is 9.78 Å². The van der Waals surface area contributed by atoms with Gasteiger partial charge in [0, 0.05) is 47.0 Å². The van der Waals surface area contributed by atoms with Gasteiger partial charge in [-0.05, 0) is 64.8 Å². The monoisotopic (exact) mass is 485 g/mol. The van der Waals surface area contributed by atoms with Crippen LogP contribution in [0.25, 0.3) is 22.2 Å². The lowest BCUT2D eigenvalue weighted by molar-refractivity contribution is -0.160. The van der Waals surface area contributed by atoms with Crippen molar-refractivity contribution < 1.29 is 19.4 Å². The number of aliphatic carboxylic acids is 1. The van der Waals surface area contributed by atoms with E-state index in [4.69, 9.17) is 21.3 Å². The molecule has 0 aliphatic carbocycles. The Morgan fingerprint density at radius 1 is 1.15 bits per heavy atom. The van der Waals surface area contributed by atoms with Crippen molar-refractivity contribution in [3.63, 3.8) is 0 Å². The minimum Gasteiger partial charge on any atom is -0.479 e. The Balaban J connectivity index is 2.45. The van der Waals surface area contributed by atoms with Crippen molar-refractivity contribution in [2.45, 2.75) is 59.8 Å². The minimum absolute atomic E-state index is 0.0592. The molecule has 1 amide bonds. The summed E-state index contributed by atoms with van der Waals surface area (Å²) >= 11 is 6.16. The van der Waals surface area contributed by atoms with E-state index in [1.54, 1.807) is 38.1 Å². The summed E-state index contributed by atoms with van der Waals surface area (Å²) < 4.78 is 7.93. The van der Waals surface area contributed by atoms with Crippen LogP contribution in [0.15, 0.2) is 24.3 Å². The number of hydrogen-bond acceptors (Lipinski definition) is 4. The molecule has 0 bridgehead atoms. The van der Waals surface area contributed by atoms with Crippen molar-refractivity contribution in [2.75, 3.05) is 14.1 Å². The highest BCUT2D eigenvalue weighted by Gasteiger charge is 2.33. The Labute approximate surface area is 205 Å². The second-order valence-corrected chi connectivity index (χ2v) is 10.2. The summed E-state index contributed by atoms with van der Waals surface area (Å²) in [6.45, 7) is 11.3. The Kier molecular flexibility index (Phi) is 7.10. The van der Waals surface area contributed by atoms with Gasteiger partial charge in [-0.1, -0.05) is 23.7 Å². The van der Waals surface area contributed by atoms with Crippen LogP contribution in [0.3, 0.4) is 0 Å². The molecule has 182 valence electrons. The summed E-state index contributed by atoms with van der Waals surface area (Å²) in [5.74, 6) is -1.15. The minimum atomic E-state index is -1.23. The van der Waals surface area contributed by atoms with Gasteiger partial charge in [-0.2, -0.15) is 0 Å². The van der Waals surface area contributed by atoms with Gasteiger partial charge in [0.2, 0.25) is 5.91 Å². The number of fused-ring (bicyclic) bond motifs is 1. The number of carboxylic acid groups (broad SMARTS) is 1. The first-order valence-corrected chi connectivity index (χ1v) is 11.5. The summed E-state index contributed by atoms with van der Waals surface area (Å²) in [7, 11) is 3.43. The van der Waals surface area contributed by atoms with E-state index in [-0.39, 0.29) is 12.5 Å². The average molecular weight is 486 g/mol. The zero-order valence-corrected chi connectivity index (χ0v) is 21.7. The normalized spacial score (nSPS) is 12.7. The van der Waals surface area contributed by atoms with Crippen LogP contribution in [0.2, 0.25) is 5.02 Å². The van der Waals surface area contributed by atoms with E-state index in [0.29, 0.717) is 21.9 Å². The zero-order valence-electron chi connectivity index (χ0n) is 21.0. The van der Waals surface area contributed by atoms with E-state index in [9.17, 15) is 14.7 Å². The molecule has 0 aliphatic heterocycles. The molecule has 0 fully saturated rings. The molecule has 0 aliphatic rings. The van der Waals surface area contributed by atoms with E-state index < -0.39 is 17.7 Å². The summed E-state index contributed by atoms with van der Waals surface area (Å²) in [6, 6.07) is 7.29. The SMILES string of the molecule is Cc1nc2c(c(C)c(C)n2CC(=O)N(C)C)c(-c2ccc(Cl)cc2)c1[C@H](OC(C)(C)C)C(=O)O. The maximum atomic E-state index is 12.6. The third-order valence-electron chi connectivity index (χ3n) is 5.87. The van der Waals surface area contributed by atoms with Crippen LogP contribution in [-0.4, -0.2) is 51.1 Å². The number of nitrogens with zero attached hydrogens (tertiary/aromatic N) is 3. The van der Waals surface area contributed by atoms with Gasteiger partial charge in [-0.15, -0.1) is 0 Å². The molecule has 0 saturated heterocycles. The van der Waals surface area contributed by atoms with E-state index in [1.165, 1.54) is 0 Å². The van der Waals surface area contributed by atoms with Crippen LogP contribution >= 0.6 is 11.6 Å². The average Bonchev–Trinajstić information content (AvgIpc) is 2.95. The number of benzene rings is 1. The molecule has 7 nitrogen and oxygen atoms in total. The lowest BCUT2D eigenvalue weighted by atomic mass is 9.91. The first-order valence-electron chi connectivity index (χ1n) is 11.1. The lowest BCUT2D eigenvalue weighted by Crippen LogP contribution is -2.28. The highest BCUT2D eigenvalue weighted by Crippen LogP contribution is 2.42. The zero-order chi connectivity index (χ0) is 25.5. The lowest BCUT2D eigenvalue weighted by Gasteiger charge is -2.28. The molecule has 1 aromatic carbocycles. The number of amides is 1. The highest BCUT2D eigenvalue weighted by atomic mass is 35.5. The van der Waals surface area contributed by atoms with Crippen molar-refractivity contribution in [2.24, 2.45) is 0 Å². The van der Waals surface area contributed by atoms with E-state index in [2.05, 4.69) is 0 Å². The maximum absolute atomic E-state index is 12.6. The topological polar surface area (TPSA) is 84.7 Å². The van der Waals surface area contributed by atoms with Gasteiger partial charge in [0.05, 0.1) is 5.60 Å². The number of halogens is 1. The number of likely N-dealkylation sites (N-methyl/N-ethyl adjacent to an activating group) is 1. The molecule has 2 heterocycles. The highest BCUT2D eigenvalue weighted by molar-refractivity contribution is 6.30. The van der Waals surface area contributed by atoms with Crippen molar-refractivity contribution >= 4 is 34.5 Å². The first-order chi connectivity index (χ1) is 15.7. The molecule has 1 atom stereocenters.